The van der Waals surface area contributed by atoms with E-state index in [-0.39, 0.29) is 88.5 Å². The van der Waals surface area contributed by atoms with Crippen LogP contribution in [0.1, 0.15) is 83.1 Å². The molecule has 2 aliphatic rings. The van der Waals surface area contributed by atoms with Crippen LogP contribution in [0.25, 0.3) is 0 Å². The maximum Gasteiger partial charge on any atom is 0.333 e. The van der Waals surface area contributed by atoms with Gasteiger partial charge in [-0.25, -0.2) is 4.79 Å². The van der Waals surface area contributed by atoms with E-state index >= 15 is 0 Å². The number of guanidine groups is 1. The topological polar surface area (TPSA) is 323 Å². The molecule has 8 amide bonds. The second kappa shape index (κ2) is 22.9. The lowest BCUT2D eigenvalue weighted by Gasteiger charge is -2.25. The summed E-state index contributed by atoms with van der Waals surface area (Å²) >= 11 is 0. The van der Waals surface area contributed by atoms with Crippen molar-refractivity contribution in [3.8, 4) is 5.75 Å². The Labute approximate surface area is 328 Å². The van der Waals surface area contributed by atoms with Crippen molar-refractivity contribution in [2.75, 3.05) is 19.6 Å². The summed E-state index contributed by atoms with van der Waals surface area (Å²) in [4.78, 5) is 123. The number of carbonyl (C=O) groups is 9. The van der Waals surface area contributed by atoms with Crippen LogP contribution < -0.4 is 43.4 Å². The second-order valence-corrected chi connectivity index (χ2v) is 13.6. The van der Waals surface area contributed by atoms with Gasteiger partial charge in [0.05, 0.1) is 6.54 Å². The van der Waals surface area contributed by atoms with Crippen LogP contribution in [-0.2, 0) is 54.4 Å². The van der Waals surface area contributed by atoms with Crippen LogP contribution in [0.15, 0.2) is 29.3 Å². The summed E-state index contributed by atoms with van der Waals surface area (Å²) in [5.41, 5.74) is 11.4. The molecule has 0 radical (unpaired) electrons. The molecule has 2 saturated heterocycles. The number of nitrogens with two attached hydrogens (primary N) is 2. The number of benzene rings is 1. The molecule has 0 saturated carbocycles. The number of amides is 8. The molecule has 2 fully saturated rings. The summed E-state index contributed by atoms with van der Waals surface area (Å²) in [6.45, 7) is 1.27. The van der Waals surface area contributed by atoms with Gasteiger partial charge in [-0.3, -0.25) is 43.3 Å². The number of nitrogens with zero attached hydrogens (tertiary/aromatic N) is 2. The minimum Gasteiger partial charge on any atom is -0.508 e. The number of phenols is 1. The summed E-state index contributed by atoms with van der Waals surface area (Å²) < 4.78 is 0. The highest BCUT2D eigenvalue weighted by Crippen LogP contribution is 2.15. The molecule has 4 atom stereocenters. The van der Waals surface area contributed by atoms with E-state index in [1.54, 1.807) is 12.1 Å². The summed E-state index contributed by atoms with van der Waals surface area (Å²) in [7, 11) is 0. The molecule has 312 valence electrons. The predicted octanol–water partition coefficient (Wildman–Crippen LogP) is -2.47. The fraction of sp³-hybridized carbons (Fsp3) is 0.556. The van der Waals surface area contributed by atoms with Gasteiger partial charge in [0.15, 0.2) is 5.96 Å². The van der Waals surface area contributed by atoms with Gasteiger partial charge in [-0.1, -0.05) is 12.1 Å². The van der Waals surface area contributed by atoms with Crippen molar-refractivity contribution in [1.29, 1.82) is 0 Å². The summed E-state index contributed by atoms with van der Waals surface area (Å²) in [6, 6.07) is 1.28. The number of aliphatic imine (C=N–C) groups is 1. The number of imide groups is 1. The number of hydrogen-bond donors (Lipinski definition) is 9. The van der Waals surface area contributed by atoms with Crippen molar-refractivity contribution < 1.29 is 53.1 Å². The van der Waals surface area contributed by atoms with Gasteiger partial charge in [-0.2, -0.15) is 0 Å². The summed E-state index contributed by atoms with van der Waals surface area (Å²) in [5.74, 6) is -5.90. The molecule has 21 nitrogen and oxygen atoms in total. The van der Waals surface area contributed by atoms with Gasteiger partial charge in [0.1, 0.15) is 29.9 Å². The van der Waals surface area contributed by atoms with Crippen LogP contribution in [0.2, 0.25) is 0 Å². The van der Waals surface area contributed by atoms with Crippen molar-refractivity contribution in [3.63, 3.8) is 0 Å². The van der Waals surface area contributed by atoms with Gasteiger partial charge in [0, 0.05) is 45.2 Å². The van der Waals surface area contributed by atoms with Gasteiger partial charge in [-0.05, 0) is 69.6 Å². The van der Waals surface area contributed by atoms with Crippen LogP contribution in [-0.4, -0.2) is 113 Å². The third kappa shape index (κ3) is 16.2. The molecular weight excluding hydrogens is 748 g/mol. The van der Waals surface area contributed by atoms with E-state index in [0.717, 1.165) is 0 Å². The van der Waals surface area contributed by atoms with Crippen LogP contribution in [0.3, 0.4) is 0 Å². The van der Waals surface area contributed by atoms with E-state index in [4.69, 9.17) is 16.3 Å². The van der Waals surface area contributed by atoms with Crippen molar-refractivity contribution in [2.45, 2.75) is 108 Å². The van der Waals surface area contributed by atoms with E-state index in [1.807, 2.05) is 0 Å². The first-order chi connectivity index (χ1) is 27.1. The first-order valence-corrected chi connectivity index (χ1v) is 18.8. The Hall–Kier alpha value is -6.28. The standard InChI is InChI=1S/C36H52N10O11/c1-21-32(53)45-26(19-22-11-13-23(47)14-12-22)35(56)44-25(34(55)43-24(8-6-18-40-36(37)38)33(54)41-20-28(49)42-21)7-4-5-17-39-27(48)9-2-3-10-31(52)57-46-29(50)15-16-30(46)51/h11-14,21,24-26,47H,2-10,15-20H2,1H3,(H,39,48)(H,41,54)(H,42,49)(H,43,55)(H,44,56)(H,45,53)(H4,37,38,40)/t21-,24-,25-,26?/m0/s1. The number of carbonyl (C=O) groups excluding carboxylic acids is 9. The van der Waals surface area contributed by atoms with E-state index < -0.39 is 78.0 Å². The van der Waals surface area contributed by atoms with Crippen LogP contribution >= 0.6 is 0 Å². The van der Waals surface area contributed by atoms with Gasteiger partial charge in [0.25, 0.3) is 11.8 Å². The Kier molecular flexibility index (Phi) is 18.2. The lowest BCUT2D eigenvalue weighted by Crippen LogP contribution is -2.57. The van der Waals surface area contributed by atoms with Gasteiger partial charge in [0.2, 0.25) is 35.4 Å². The number of hydrogen-bond acceptors (Lipinski definition) is 12. The maximum atomic E-state index is 13.8. The number of rotatable bonds is 17. The lowest BCUT2D eigenvalue weighted by atomic mass is 10.0. The third-order valence-electron chi connectivity index (χ3n) is 8.89. The fourth-order valence-corrected chi connectivity index (χ4v) is 5.76. The highest BCUT2D eigenvalue weighted by atomic mass is 16.7. The Morgan fingerprint density at radius 1 is 0.789 bits per heavy atom. The zero-order valence-electron chi connectivity index (χ0n) is 31.8. The van der Waals surface area contributed by atoms with Gasteiger partial charge < -0.3 is 53.3 Å². The Balaban J connectivity index is 1.65. The van der Waals surface area contributed by atoms with E-state index in [1.165, 1.54) is 19.1 Å². The van der Waals surface area contributed by atoms with Crippen molar-refractivity contribution >= 4 is 59.2 Å². The molecule has 57 heavy (non-hydrogen) atoms. The molecule has 1 unspecified atom stereocenters. The molecule has 11 N–H and O–H groups in total. The monoisotopic (exact) mass is 800 g/mol. The van der Waals surface area contributed by atoms with Crippen molar-refractivity contribution in [1.82, 2.24) is 37.0 Å². The second-order valence-electron chi connectivity index (χ2n) is 13.6. The third-order valence-corrected chi connectivity index (χ3v) is 8.89. The quantitative estimate of drug-likeness (QED) is 0.0342. The number of unbranched alkanes of at least 4 members (excludes halogenated alkanes) is 2. The molecule has 1 aromatic rings. The van der Waals surface area contributed by atoms with E-state index in [0.29, 0.717) is 29.9 Å². The zero-order chi connectivity index (χ0) is 41.9. The smallest absolute Gasteiger partial charge is 0.333 e. The highest BCUT2D eigenvalue weighted by Gasteiger charge is 2.33. The summed E-state index contributed by atoms with van der Waals surface area (Å²) in [6.07, 6.45) is 1.68. The lowest BCUT2D eigenvalue weighted by molar-refractivity contribution is -0.197. The molecule has 1 aromatic carbocycles. The van der Waals surface area contributed by atoms with E-state index in [9.17, 15) is 48.3 Å². The van der Waals surface area contributed by atoms with Gasteiger partial charge in [-0.15, -0.1) is 5.06 Å². The zero-order valence-corrected chi connectivity index (χ0v) is 31.8. The maximum absolute atomic E-state index is 13.8. The van der Waals surface area contributed by atoms with E-state index in [2.05, 4.69) is 36.9 Å². The SMILES string of the molecule is C[C@@H]1NC(=O)CNC(=O)[C@H](CCCN=C(N)N)NC(=O)[C@H](CCCCNC(=O)CCCCC(=O)ON2C(=O)CCC2=O)NC(=O)C(Cc2ccc(O)cc2)NC1=O. The fourth-order valence-electron chi connectivity index (χ4n) is 5.76. The molecule has 0 aliphatic carbocycles. The van der Waals surface area contributed by atoms with Crippen LogP contribution in [0, 0.1) is 0 Å². The Morgan fingerprint density at radius 2 is 1.39 bits per heavy atom. The normalized spacial score (nSPS) is 20.9. The molecule has 0 bridgehead atoms. The highest BCUT2D eigenvalue weighted by molar-refractivity contribution is 6.01. The van der Waals surface area contributed by atoms with Crippen molar-refractivity contribution in [3.05, 3.63) is 29.8 Å². The first-order valence-electron chi connectivity index (χ1n) is 18.8. The number of phenolic OH excluding ortho intramolecular Hbond substituents is 1. The Morgan fingerprint density at radius 3 is 2.05 bits per heavy atom. The average Bonchev–Trinajstić information content (AvgIpc) is 3.47. The molecule has 3 rings (SSSR count). The largest absolute Gasteiger partial charge is 0.508 e. The minimum absolute atomic E-state index is 0.0104. The molecule has 2 heterocycles. The number of hydroxylamine groups is 2. The minimum atomic E-state index is -1.22. The van der Waals surface area contributed by atoms with Gasteiger partial charge >= 0.3 is 5.97 Å². The first kappa shape index (κ1) is 45.1. The van der Waals surface area contributed by atoms with Crippen LogP contribution in [0.4, 0.5) is 0 Å². The number of aromatic hydroxyl groups is 1. The number of nitrogens with one attached hydrogen (secondary N) is 6. The molecule has 0 spiro atoms. The summed E-state index contributed by atoms with van der Waals surface area (Å²) in [5, 5.41) is 25.9. The predicted molar refractivity (Wildman–Crippen MR) is 201 cm³/mol. The molecular formula is C36H52N10O11. The molecule has 0 aromatic heterocycles. The molecule has 21 heteroatoms. The Bertz CT molecular complexity index is 1650. The molecule has 2 aliphatic heterocycles. The van der Waals surface area contributed by atoms with Crippen molar-refractivity contribution in [2.24, 2.45) is 16.5 Å². The average molecular weight is 801 g/mol. The van der Waals surface area contributed by atoms with Crippen LogP contribution in [0.5, 0.6) is 5.75 Å².